The van der Waals surface area contributed by atoms with Gasteiger partial charge in [0.1, 0.15) is 17.4 Å². The maximum Gasteiger partial charge on any atom is 0.205 e. The van der Waals surface area contributed by atoms with E-state index in [1.54, 1.807) is 0 Å². The van der Waals surface area contributed by atoms with E-state index in [4.69, 9.17) is 10.5 Å². The second-order valence-electron chi connectivity index (χ2n) is 7.99. The van der Waals surface area contributed by atoms with Crippen LogP contribution in [0.5, 0.6) is 5.75 Å². The smallest absolute Gasteiger partial charge is 0.205 e. The molecule has 0 saturated heterocycles. The molecule has 1 unspecified atom stereocenters. The summed E-state index contributed by atoms with van der Waals surface area (Å²) in [5, 5.41) is 9.92. The number of benzene rings is 1. The predicted octanol–water partition coefficient (Wildman–Crippen LogP) is 6.51. The van der Waals surface area contributed by atoms with E-state index in [-0.39, 0.29) is 11.8 Å². The summed E-state index contributed by atoms with van der Waals surface area (Å²) in [4.78, 5) is 0. The van der Waals surface area contributed by atoms with Gasteiger partial charge in [0.25, 0.3) is 0 Å². The van der Waals surface area contributed by atoms with Crippen LogP contribution in [0.15, 0.2) is 58.4 Å². The fourth-order valence-electron chi connectivity index (χ4n) is 4.22. The Balaban J connectivity index is 2.03. The van der Waals surface area contributed by atoms with Gasteiger partial charge in [0.2, 0.25) is 5.88 Å². The Labute approximate surface area is 180 Å². The first-order valence-corrected chi connectivity index (χ1v) is 10.5. The van der Waals surface area contributed by atoms with Crippen molar-refractivity contribution in [1.29, 1.82) is 5.26 Å². The molecule has 3 aliphatic rings. The van der Waals surface area contributed by atoms with Crippen LogP contribution in [0.1, 0.15) is 53.5 Å². The van der Waals surface area contributed by atoms with Gasteiger partial charge in [0.15, 0.2) is 0 Å². The fourth-order valence-corrected chi connectivity index (χ4v) is 4.60. The minimum absolute atomic E-state index is 0.181. The Morgan fingerprint density at radius 2 is 1.79 bits per heavy atom. The van der Waals surface area contributed by atoms with Crippen LogP contribution in [0.2, 0.25) is 0 Å². The Bertz CT molecular complexity index is 1170. The first-order valence-electron chi connectivity index (χ1n) is 9.72. The van der Waals surface area contributed by atoms with Gasteiger partial charge in [-0.2, -0.15) is 5.26 Å². The fraction of sp³-hybridized carbons (Fsp3) is 0.240. The van der Waals surface area contributed by atoms with Crippen LogP contribution in [0.25, 0.3) is 11.1 Å². The zero-order valence-electron chi connectivity index (χ0n) is 17.0. The van der Waals surface area contributed by atoms with Crippen LogP contribution in [0.3, 0.4) is 0 Å². The van der Waals surface area contributed by atoms with Gasteiger partial charge < -0.3 is 10.5 Å². The van der Waals surface area contributed by atoms with E-state index in [2.05, 4.69) is 74.0 Å². The lowest BCUT2D eigenvalue weighted by molar-refractivity contribution is 0.393. The SMILES string of the molecule is Cc1cc(C2C(C#N)=C(N)Oc3ccc(Br)cc32)c2c(C)ccc(C(C)C)cc1-2. The van der Waals surface area contributed by atoms with E-state index in [0.29, 0.717) is 17.2 Å². The highest BCUT2D eigenvalue weighted by Gasteiger charge is 2.34. The first-order chi connectivity index (χ1) is 13.8. The molecule has 0 aromatic heterocycles. The van der Waals surface area contributed by atoms with Crippen LogP contribution < -0.4 is 10.5 Å². The average Bonchev–Trinajstić information content (AvgIpc) is 2.87. The van der Waals surface area contributed by atoms with Crippen LogP contribution in [-0.2, 0) is 0 Å². The van der Waals surface area contributed by atoms with Gasteiger partial charge >= 0.3 is 0 Å². The van der Waals surface area contributed by atoms with E-state index in [0.717, 1.165) is 15.6 Å². The molecular weight excluding hydrogens is 424 g/mol. The topological polar surface area (TPSA) is 59.0 Å². The molecule has 1 aromatic carbocycles. The average molecular weight is 447 g/mol. The maximum atomic E-state index is 9.92. The molecule has 2 N–H and O–H groups in total. The molecule has 0 radical (unpaired) electrons. The summed E-state index contributed by atoms with van der Waals surface area (Å²) in [5.41, 5.74) is 14.8. The Hall–Kier alpha value is -2.77. The van der Waals surface area contributed by atoms with E-state index >= 15 is 0 Å². The lowest BCUT2D eigenvalue weighted by Crippen LogP contribution is -2.21. The molecular formula is C25H23BrN2O. The molecule has 0 saturated carbocycles. The molecule has 4 rings (SSSR count). The molecule has 1 atom stereocenters. The minimum Gasteiger partial charge on any atom is -0.440 e. The van der Waals surface area contributed by atoms with Crippen molar-refractivity contribution < 1.29 is 4.74 Å². The Morgan fingerprint density at radius 3 is 2.48 bits per heavy atom. The summed E-state index contributed by atoms with van der Waals surface area (Å²) in [7, 11) is 0. The maximum absolute atomic E-state index is 9.92. The largest absolute Gasteiger partial charge is 0.440 e. The highest BCUT2D eigenvalue weighted by Crippen LogP contribution is 2.48. The Morgan fingerprint density at radius 1 is 1.03 bits per heavy atom. The third-order valence-corrected chi connectivity index (χ3v) is 6.23. The molecule has 1 heterocycles. The molecule has 2 aliphatic carbocycles. The summed E-state index contributed by atoms with van der Waals surface area (Å²) < 4.78 is 6.72. The third kappa shape index (κ3) is 3.20. The van der Waals surface area contributed by atoms with Crippen molar-refractivity contribution in [3.05, 3.63) is 86.2 Å². The van der Waals surface area contributed by atoms with Gasteiger partial charge in [0.05, 0.1) is 5.92 Å². The van der Waals surface area contributed by atoms with Crippen molar-refractivity contribution in [3.63, 3.8) is 0 Å². The number of halogens is 1. The van der Waals surface area contributed by atoms with Crippen molar-refractivity contribution in [2.45, 2.75) is 39.5 Å². The molecule has 146 valence electrons. The number of hydrogen-bond acceptors (Lipinski definition) is 3. The number of rotatable bonds is 2. The Kier molecular flexibility index (Phi) is 4.88. The number of aryl methyl sites for hydroxylation is 2. The van der Waals surface area contributed by atoms with Crippen molar-refractivity contribution in [3.8, 4) is 22.9 Å². The zero-order valence-corrected chi connectivity index (χ0v) is 18.6. The normalized spacial score (nSPS) is 16.0. The highest BCUT2D eigenvalue weighted by atomic mass is 79.9. The van der Waals surface area contributed by atoms with Crippen LogP contribution in [0.4, 0.5) is 0 Å². The van der Waals surface area contributed by atoms with Gasteiger partial charge in [-0.3, -0.25) is 0 Å². The van der Waals surface area contributed by atoms with E-state index in [9.17, 15) is 5.26 Å². The van der Waals surface area contributed by atoms with E-state index in [1.165, 1.54) is 27.8 Å². The number of nitrogens with two attached hydrogens (primary N) is 1. The van der Waals surface area contributed by atoms with Gasteiger partial charge in [-0.15, -0.1) is 0 Å². The van der Waals surface area contributed by atoms with Crippen LogP contribution in [-0.4, -0.2) is 0 Å². The van der Waals surface area contributed by atoms with Crippen molar-refractivity contribution in [2.24, 2.45) is 5.73 Å². The number of fused-ring (bicyclic) bond motifs is 2. The molecule has 29 heavy (non-hydrogen) atoms. The van der Waals surface area contributed by atoms with Gasteiger partial charge in [-0.05, 0) is 71.3 Å². The number of hydrogen-bond donors (Lipinski definition) is 1. The zero-order chi connectivity index (χ0) is 20.9. The standard InChI is InChI=1S/C25H23BrN2O/c1-13(2)16-6-5-14(3)23-18(10-16)15(4)9-20(23)24-19-11-17(26)7-8-22(19)29-25(28)21(24)12-27/h5-11,13,24H,28H2,1-4H3. The molecule has 1 aromatic rings. The number of ether oxygens (including phenoxy) is 1. The molecule has 4 heteroatoms. The number of allylic oxidation sites excluding steroid dienone is 1. The summed E-state index contributed by atoms with van der Waals surface area (Å²) in [5.74, 6) is 1.05. The second-order valence-corrected chi connectivity index (χ2v) is 8.91. The molecule has 1 aliphatic heterocycles. The minimum atomic E-state index is -0.263. The van der Waals surface area contributed by atoms with Gasteiger partial charge in [0, 0.05) is 10.0 Å². The van der Waals surface area contributed by atoms with E-state index in [1.807, 2.05) is 18.2 Å². The third-order valence-electron chi connectivity index (χ3n) is 5.74. The lowest BCUT2D eigenvalue weighted by Gasteiger charge is -2.27. The van der Waals surface area contributed by atoms with Crippen molar-refractivity contribution in [2.75, 3.05) is 0 Å². The lowest BCUT2D eigenvalue weighted by atomic mass is 9.82. The van der Waals surface area contributed by atoms with Gasteiger partial charge in [-0.1, -0.05) is 54.0 Å². The molecule has 3 nitrogen and oxygen atoms in total. The number of nitrogens with zero attached hydrogens (tertiary/aromatic N) is 1. The monoisotopic (exact) mass is 446 g/mol. The first kappa shape index (κ1) is 19.5. The van der Waals surface area contributed by atoms with Crippen LogP contribution in [0, 0.1) is 25.2 Å². The van der Waals surface area contributed by atoms with Crippen molar-refractivity contribution in [1.82, 2.24) is 0 Å². The second kappa shape index (κ2) is 7.24. The summed E-state index contributed by atoms with van der Waals surface area (Å²) in [6, 6.07) is 17.0. The van der Waals surface area contributed by atoms with Crippen molar-refractivity contribution >= 4 is 15.9 Å². The summed E-state index contributed by atoms with van der Waals surface area (Å²) >= 11 is 3.56. The number of nitriles is 1. The van der Waals surface area contributed by atoms with Crippen LogP contribution >= 0.6 is 15.9 Å². The molecule has 0 bridgehead atoms. The summed E-state index contributed by atoms with van der Waals surface area (Å²) in [6.07, 6.45) is 0. The molecule has 0 spiro atoms. The quantitative estimate of drug-likeness (QED) is 0.487. The summed E-state index contributed by atoms with van der Waals surface area (Å²) in [6.45, 7) is 8.68. The predicted molar refractivity (Wildman–Crippen MR) is 120 cm³/mol. The molecule has 0 fully saturated rings. The molecule has 0 amide bonds. The van der Waals surface area contributed by atoms with E-state index < -0.39 is 0 Å². The van der Waals surface area contributed by atoms with Gasteiger partial charge in [-0.25, -0.2) is 0 Å². The highest BCUT2D eigenvalue weighted by molar-refractivity contribution is 9.10.